The van der Waals surface area contributed by atoms with E-state index >= 15 is 0 Å². The van der Waals surface area contributed by atoms with Crippen LogP contribution in [0.2, 0.25) is 0 Å². The quantitative estimate of drug-likeness (QED) is 0.418. The zero-order valence-corrected chi connectivity index (χ0v) is 18.7. The Hall–Kier alpha value is -4.52. The molecule has 0 bridgehead atoms. The lowest BCUT2D eigenvalue weighted by atomic mass is 10.1. The number of aromatic nitrogens is 3. The summed E-state index contributed by atoms with van der Waals surface area (Å²) in [7, 11) is 0. The van der Waals surface area contributed by atoms with Crippen LogP contribution in [0.3, 0.4) is 0 Å². The zero-order valence-electron chi connectivity index (χ0n) is 18.7. The number of fused-ring (bicyclic) bond motifs is 2. The van der Waals surface area contributed by atoms with Crippen LogP contribution in [0.4, 0.5) is 5.82 Å². The van der Waals surface area contributed by atoms with Crippen molar-refractivity contribution in [1.82, 2.24) is 19.9 Å². The number of aromatic amines is 1. The van der Waals surface area contributed by atoms with E-state index in [1.165, 1.54) is 12.3 Å². The largest absolute Gasteiger partial charge is 0.383 e. The van der Waals surface area contributed by atoms with Crippen LogP contribution in [0.25, 0.3) is 21.7 Å². The van der Waals surface area contributed by atoms with Crippen LogP contribution in [0, 0.1) is 6.92 Å². The number of nitrogens with one attached hydrogen (secondary N) is 1. The fourth-order valence-corrected chi connectivity index (χ4v) is 4.09. The Labute approximate surface area is 195 Å². The van der Waals surface area contributed by atoms with E-state index < -0.39 is 0 Å². The molecule has 3 heterocycles. The summed E-state index contributed by atoms with van der Waals surface area (Å²) in [5, 5.41) is 2.86. The smallest absolute Gasteiger partial charge is 0.255 e. The topological polar surface area (TPSA) is 105 Å². The second-order valence-corrected chi connectivity index (χ2v) is 8.33. The number of carbonyl (C=O) groups excluding carboxylic acids is 1. The SMILES string of the molecule is Cc1ccc2cc(CN(Cc3ccc4c(N)nccc4c3)C(=O)c3ccc(=O)[nH]c3)ccc2n1. The Kier molecular flexibility index (Phi) is 5.51. The predicted molar refractivity (Wildman–Crippen MR) is 133 cm³/mol. The number of nitrogen functional groups attached to an aromatic ring is 1. The molecule has 34 heavy (non-hydrogen) atoms. The number of hydrogen-bond acceptors (Lipinski definition) is 5. The minimum absolute atomic E-state index is 0.173. The predicted octanol–water partition coefficient (Wildman–Crippen LogP) is 4.20. The molecule has 0 saturated carbocycles. The van der Waals surface area contributed by atoms with Crippen LogP contribution in [-0.4, -0.2) is 25.8 Å². The van der Waals surface area contributed by atoms with E-state index in [2.05, 4.69) is 21.0 Å². The molecule has 0 unspecified atom stereocenters. The highest BCUT2D eigenvalue weighted by atomic mass is 16.2. The van der Waals surface area contributed by atoms with Gasteiger partial charge >= 0.3 is 0 Å². The highest BCUT2D eigenvalue weighted by Gasteiger charge is 2.18. The lowest BCUT2D eigenvalue weighted by Crippen LogP contribution is -2.30. The van der Waals surface area contributed by atoms with Crippen molar-refractivity contribution in [2.24, 2.45) is 0 Å². The molecular formula is C27H23N5O2. The summed E-state index contributed by atoms with van der Waals surface area (Å²) in [5.41, 5.74) is 10.0. The standard InChI is InChI=1S/C27H23N5O2/c1-17-2-5-21-13-19(4-8-24(21)31-17)16-32(27(34)22-6-9-25(33)30-14-22)15-18-3-7-23-20(12-18)10-11-29-26(23)28/h2-14H,15-16H2,1H3,(H2,28,29)(H,30,33). The Morgan fingerprint density at radius 1 is 0.941 bits per heavy atom. The molecule has 0 atom stereocenters. The normalized spacial score (nSPS) is 11.1. The molecule has 0 saturated heterocycles. The molecule has 0 fully saturated rings. The summed E-state index contributed by atoms with van der Waals surface area (Å²) >= 11 is 0. The van der Waals surface area contributed by atoms with E-state index in [1.807, 2.05) is 55.5 Å². The summed E-state index contributed by atoms with van der Waals surface area (Å²) < 4.78 is 0. The molecule has 7 heteroatoms. The van der Waals surface area contributed by atoms with Crippen molar-refractivity contribution in [3.63, 3.8) is 0 Å². The number of carbonyl (C=O) groups is 1. The Morgan fingerprint density at radius 3 is 2.47 bits per heavy atom. The number of benzene rings is 2. The molecule has 0 aliphatic carbocycles. The van der Waals surface area contributed by atoms with E-state index in [4.69, 9.17) is 5.73 Å². The first-order valence-electron chi connectivity index (χ1n) is 10.9. The number of H-pyrrole nitrogens is 1. The molecule has 5 aromatic rings. The minimum Gasteiger partial charge on any atom is -0.383 e. The number of pyridine rings is 3. The van der Waals surface area contributed by atoms with Gasteiger partial charge in [-0.05, 0) is 59.8 Å². The Balaban J connectivity index is 1.50. The first kappa shape index (κ1) is 21.3. The van der Waals surface area contributed by atoms with E-state index in [0.29, 0.717) is 24.5 Å². The van der Waals surface area contributed by atoms with Crippen molar-refractivity contribution in [1.29, 1.82) is 0 Å². The van der Waals surface area contributed by atoms with Crippen LogP contribution >= 0.6 is 0 Å². The van der Waals surface area contributed by atoms with E-state index in [0.717, 1.165) is 38.5 Å². The van der Waals surface area contributed by atoms with Gasteiger partial charge in [0.15, 0.2) is 0 Å². The number of nitrogens with two attached hydrogens (primary N) is 1. The third kappa shape index (κ3) is 4.36. The maximum Gasteiger partial charge on any atom is 0.255 e. The van der Waals surface area contributed by atoms with Crippen molar-refractivity contribution in [3.05, 3.63) is 112 Å². The molecule has 7 nitrogen and oxygen atoms in total. The fraction of sp³-hybridized carbons (Fsp3) is 0.111. The van der Waals surface area contributed by atoms with E-state index in [-0.39, 0.29) is 11.5 Å². The summed E-state index contributed by atoms with van der Waals surface area (Å²) in [6, 6.07) is 20.8. The molecule has 0 aliphatic heterocycles. The van der Waals surface area contributed by atoms with Gasteiger partial charge in [0.05, 0.1) is 11.1 Å². The van der Waals surface area contributed by atoms with Gasteiger partial charge in [-0.3, -0.25) is 14.6 Å². The maximum atomic E-state index is 13.5. The number of rotatable bonds is 5. The summed E-state index contributed by atoms with van der Waals surface area (Å²) in [5.74, 6) is 0.304. The van der Waals surface area contributed by atoms with Crippen LogP contribution in [0.5, 0.6) is 0 Å². The molecule has 3 N–H and O–H groups in total. The maximum absolute atomic E-state index is 13.5. The summed E-state index contributed by atoms with van der Waals surface area (Å²) in [6.07, 6.45) is 3.13. The third-order valence-corrected chi connectivity index (χ3v) is 5.82. The second kappa shape index (κ2) is 8.78. The average molecular weight is 450 g/mol. The van der Waals surface area contributed by atoms with Gasteiger partial charge in [-0.1, -0.05) is 24.3 Å². The van der Waals surface area contributed by atoms with Gasteiger partial charge in [-0.2, -0.15) is 0 Å². The van der Waals surface area contributed by atoms with Gasteiger partial charge in [0, 0.05) is 48.0 Å². The number of aryl methyl sites for hydroxylation is 1. The van der Waals surface area contributed by atoms with Crippen molar-refractivity contribution in [3.8, 4) is 0 Å². The van der Waals surface area contributed by atoms with Crippen LogP contribution < -0.4 is 11.3 Å². The molecule has 0 radical (unpaired) electrons. The molecular weight excluding hydrogens is 426 g/mol. The molecule has 0 aliphatic rings. The van der Waals surface area contributed by atoms with Crippen LogP contribution in [0.15, 0.2) is 83.9 Å². The lowest BCUT2D eigenvalue weighted by Gasteiger charge is -2.23. The highest BCUT2D eigenvalue weighted by Crippen LogP contribution is 2.23. The van der Waals surface area contributed by atoms with Crippen molar-refractivity contribution in [2.45, 2.75) is 20.0 Å². The Bertz CT molecular complexity index is 1570. The second-order valence-electron chi connectivity index (χ2n) is 8.33. The van der Waals surface area contributed by atoms with Crippen molar-refractivity contribution in [2.75, 3.05) is 5.73 Å². The number of nitrogens with zero attached hydrogens (tertiary/aromatic N) is 3. The fourth-order valence-electron chi connectivity index (χ4n) is 4.09. The third-order valence-electron chi connectivity index (χ3n) is 5.82. The highest BCUT2D eigenvalue weighted by molar-refractivity contribution is 5.94. The van der Waals surface area contributed by atoms with Gasteiger partial charge < -0.3 is 15.6 Å². The first-order valence-corrected chi connectivity index (χ1v) is 10.9. The van der Waals surface area contributed by atoms with Gasteiger partial charge in [0.25, 0.3) is 5.91 Å². The van der Waals surface area contributed by atoms with Crippen molar-refractivity contribution < 1.29 is 4.79 Å². The minimum atomic E-state index is -0.249. The molecule has 2 aromatic carbocycles. The Morgan fingerprint density at radius 2 is 1.71 bits per heavy atom. The summed E-state index contributed by atoms with van der Waals surface area (Å²) in [6.45, 7) is 2.75. The molecule has 5 rings (SSSR count). The van der Waals surface area contributed by atoms with Crippen molar-refractivity contribution >= 4 is 33.4 Å². The first-order chi connectivity index (χ1) is 16.5. The number of amides is 1. The van der Waals surface area contributed by atoms with Gasteiger partial charge in [-0.25, -0.2) is 4.98 Å². The molecule has 0 spiro atoms. The summed E-state index contributed by atoms with van der Waals surface area (Å²) in [4.78, 5) is 38.0. The van der Waals surface area contributed by atoms with Gasteiger partial charge in [0.2, 0.25) is 5.56 Å². The molecule has 168 valence electrons. The van der Waals surface area contributed by atoms with Gasteiger partial charge in [-0.15, -0.1) is 0 Å². The van der Waals surface area contributed by atoms with E-state index in [9.17, 15) is 9.59 Å². The molecule has 1 amide bonds. The molecule has 3 aromatic heterocycles. The van der Waals surface area contributed by atoms with Gasteiger partial charge in [0.1, 0.15) is 5.82 Å². The number of hydrogen-bond donors (Lipinski definition) is 2. The van der Waals surface area contributed by atoms with E-state index in [1.54, 1.807) is 17.2 Å². The zero-order chi connectivity index (χ0) is 23.7. The van der Waals surface area contributed by atoms with Crippen LogP contribution in [-0.2, 0) is 13.1 Å². The van der Waals surface area contributed by atoms with Crippen LogP contribution in [0.1, 0.15) is 27.2 Å². The lowest BCUT2D eigenvalue weighted by molar-refractivity contribution is 0.0729. The number of anilines is 1. The average Bonchev–Trinajstić information content (AvgIpc) is 2.84. The monoisotopic (exact) mass is 449 g/mol.